The fourth-order valence-corrected chi connectivity index (χ4v) is 2.11. The van der Waals surface area contributed by atoms with E-state index < -0.39 is 0 Å². The maximum absolute atomic E-state index is 6.12. The molecule has 0 bridgehead atoms. The molecule has 0 radical (unpaired) electrons. The Bertz CT molecular complexity index is 290. The van der Waals surface area contributed by atoms with Crippen molar-refractivity contribution in [3.05, 3.63) is 29.8 Å². The van der Waals surface area contributed by atoms with E-state index in [2.05, 4.69) is 30.5 Å². The molecule has 0 aromatic heterocycles. The molecule has 0 spiro atoms. The third kappa shape index (κ3) is 2.52. The van der Waals surface area contributed by atoms with Crippen LogP contribution in [0.1, 0.15) is 30.9 Å². The lowest BCUT2D eigenvalue weighted by atomic mass is 10.0. The minimum atomic E-state index is 0.249. The number of rotatable bonds is 4. The zero-order chi connectivity index (χ0) is 9.97. The molecule has 1 nitrogen and oxygen atoms in total. The second kappa shape index (κ2) is 4.37. The van der Waals surface area contributed by atoms with E-state index in [0.717, 1.165) is 5.92 Å². The van der Waals surface area contributed by atoms with Gasteiger partial charge in [0.1, 0.15) is 0 Å². The molecule has 1 saturated carbocycles. The Balaban J connectivity index is 1.99. The van der Waals surface area contributed by atoms with E-state index in [0.29, 0.717) is 0 Å². The smallest absolute Gasteiger partial charge is 0.0297 e. The van der Waals surface area contributed by atoms with Crippen molar-refractivity contribution in [3.63, 3.8) is 0 Å². The van der Waals surface area contributed by atoms with Crippen LogP contribution in [0.5, 0.6) is 0 Å². The predicted molar refractivity (Wildman–Crippen MR) is 62.5 cm³/mol. The van der Waals surface area contributed by atoms with Gasteiger partial charge >= 0.3 is 0 Å². The van der Waals surface area contributed by atoms with Gasteiger partial charge in [-0.05, 0) is 36.3 Å². The van der Waals surface area contributed by atoms with Gasteiger partial charge in [0.25, 0.3) is 0 Å². The Morgan fingerprint density at radius 2 is 2.00 bits per heavy atom. The Labute approximate surface area is 90.1 Å². The molecule has 2 N–H and O–H groups in total. The second-order valence-electron chi connectivity index (χ2n) is 4.06. The molecule has 1 aromatic rings. The van der Waals surface area contributed by atoms with Crippen molar-refractivity contribution in [2.75, 3.05) is 6.26 Å². The summed E-state index contributed by atoms with van der Waals surface area (Å²) in [4.78, 5) is 1.31. The number of nitrogens with two attached hydrogens (primary N) is 1. The minimum Gasteiger partial charge on any atom is -0.324 e. The van der Waals surface area contributed by atoms with Crippen LogP contribution >= 0.6 is 11.8 Å². The van der Waals surface area contributed by atoms with Crippen LogP contribution in [0, 0.1) is 5.92 Å². The van der Waals surface area contributed by atoms with Crippen LogP contribution in [-0.4, -0.2) is 6.26 Å². The summed E-state index contributed by atoms with van der Waals surface area (Å²) in [5, 5.41) is 0. The monoisotopic (exact) mass is 207 g/mol. The van der Waals surface area contributed by atoms with Crippen molar-refractivity contribution in [2.24, 2.45) is 11.7 Å². The highest BCUT2D eigenvalue weighted by Crippen LogP contribution is 2.36. The molecule has 0 heterocycles. The van der Waals surface area contributed by atoms with Crippen molar-refractivity contribution in [3.8, 4) is 0 Å². The van der Waals surface area contributed by atoms with Gasteiger partial charge in [-0.3, -0.25) is 0 Å². The topological polar surface area (TPSA) is 26.0 Å². The fraction of sp³-hybridized carbons (Fsp3) is 0.500. The zero-order valence-electron chi connectivity index (χ0n) is 8.57. The third-order valence-corrected chi connectivity index (χ3v) is 3.57. The van der Waals surface area contributed by atoms with E-state index >= 15 is 0 Å². The summed E-state index contributed by atoms with van der Waals surface area (Å²) >= 11 is 1.77. The summed E-state index contributed by atoms with van der Waals surface area (Å²) in [5.74, 6) is 0.908. The Hall–Kier alpha value is -0.470. The summed E-state index contributed by atoms with van der Waals surface area (Å²) in [7, 11) is 0. The van der Waals surface area contributed by atoms with Crippen molar-refractivity contribution >= 4 is 11.8 Å². The summed E-state index contributed by atoms with van der Waals surface area (Å²) in [6, 6.07) is 8.90. The molecule has 1 aliphatic rings. The zero-order valence-corrected chi connectivity index (χ0v) is 9.39. The molecule has 2 heteroatoms. The quantitative estimate of drug-likeness (QED) is 0.767. The first-order valence-electron chi connectivity index (χ1n) is 5.19. The largest absolute Gasteiger partial charge is 0.324 e. The van der Waals surface area contributed by atoms with Crippen LogP contribution in [0.2, 0.25) is 0 Å². The minimum absolute atomic E-state index is 0.249. The van der Waals surface area contributed by atoms with Crippen molar-refractivity contribution in [1.29, 1.82) is 0 Å². The number of hydrogen-bond donors (Lipinski definition) is 1. The second-order valence-corrected chi connectivity index (χ2v) is 4.94. The van der Waals surface area contributed by atoms with Crippen molar-refractivity contribution < 1.29 is 0 Å². The Morgan fingerprint density at radius 3 is 2.50 bits per heavy atom. The molecule has 14 heavy (non-hydrogen) atoms. The number of benzene rings is 1. The van der Waals surface area contributed by atoms with Gasteiger partial charge in [0.2, 0.25) is 0 Å². The van der Waals surface area contributed by atoms with Crippen LogP contribution in [0.4, 0.5) is 0 Å². The summed E-state index contributed by atoms with van der Waals surface area (Å²) in [6.45, 7) is 0. The van der Waals surface area contributed by atoms with Gasteiger partial charge in [0.15, 0.2) is 0 Å². The van der Waals surface area contributed by atoms with E-state index in [4.69, 9.17) is 5.73 Å². The van der Waals surface area contributed by atoms with Crippen LogP contribution in [0.25, 0.3) is 0 Å². The molecule has 0 aliphatic heterocycles. The molecule has 76 valence electrons. The van der Waals surface area contributed by atoms with Crippen molar-refractivity contribution in [2.45, 2.75) is 30.2 Å². The Kier molecular flexibility index (Phi) is 3.14. The summed E-state index contributed by atoms with van der Waals surface area (Å²) in [6.07, 6.45) is 6.03. The molecular weight excluding hydrogens is 190 g/mol. The maximum Gasteiger partial charge on any atom is 0.0297 e. The standard InChI is InChI=1S/C12H17NS/c1-14-11-6-4-10(5-7-11)12(13)8-9-2-3-9/h4-7,9,12H,2-3,8,13H2,1H3. The normalized spacial score (nSPS) is 18.1. The lowest BCUT2D eigenvalue weighted by Crippen LogP contribution is -2.10. The lowest BCUT2D eigenvalue weighted by molar-refractivity contribution is 0.597. The van der Waals surface area contributed by atoms with Crippen LogP contribution in [-0.2, 0) is 0 Å². The maximum atomic E-state index is 6.12. The molecule has 0 amide bonds. The third-order valence-electron chi connectivity index (χ3n) is 2.83. The van der Waals surface area contributed by atoms with Gasteiger partial charge in [-0.1, -0.05) is 25.0 Å². The van der Waals surface area contributed by atoms with Gasteiger partial charge in [0.05, 0.1) is 0 Å². The molecule has 1 fully saturated rings. The van der Waals surface area contributed by atoms with Gasteiger partial charge in [-0.25, -0.2) is 0 Å². The summed E-state index contributed by atoms with van der Waals surface area (Å²) < 4.78 is 0. The van der Waals surface area contributed by atoms with Crippen molar-refractivity contribution in [1.82, 2.24) is 0 Å². The highest BCUT2D eigenvalue weighted by atomic mass is 32.2. The SMILES string of the molecule is CSc1ccc(C(N)CC2CC2)cc1. The van der Waals surface area contributed by atoms with E-state index in [1.54, 1.807) is 11.8 Å². The highest BCUT2D eigenvalue weighted by molar-refractivity contribution is 7.98. The molecule has 2 rings (SSSR count). The number of thioether (sulfide) groups is 1. The number of hydrogen-bond acceptors (Lipinski definition) is 2. The van der Waals surface area contributed by atoms with E-state index in [9.17, 15) is 0 Å². The van der Waals surface area contributed by atoms with Crippen LogP contribution in [0.15, 0.2) is 29.2 Å². The highest BCUT2D eigenvalue weighted by Gasteiger charge is 2.24. The van der Waals surface area contributed by atoms with Gasteiger partial charge < -0.3 is 5.73 Å². The van der Waals surface area contributed by atoms with Crippen LogP contribution in [0.3, 0.4) is 0 Å². The lowest BCUT2D eigenvalue weighted by Gasteiger charge is -2.11. The molecule has 1 aromatic carbocycles. The van der Waals surface area contributed by atoms with Gasteiger partial charge in [-0.2, -0.15) is 0 Å². The molecular formula is C12H17NS. The first-order valence-corrected chi connectivity index (χ1v) is 6.41. The fourth-order valence-electron chi connectivity index (χ4n) is 1.70. The first kappa shape index (κ1) is 10.1. The van der Waals surface area contributed by atoms with Crippen LogP contribution < -0.4 is 5.73 Å². The van der Waals surface area contributed by atoms with E-state index in [-0.39, 0.29) is 6.04 Å². The first-order chi connectivity index (χ1) is 6.79. The summed E-state index contributed by atoms with van der Waals surface area (Å²) in [5.41, 5.74) is 7.41. The Morgan fingerprint density at radius 1 is 1.36 bits per heavy atom. The molecule has 1 atom stereocenters. The molecule has 1 unspecified atom stereocenters. The van der Waals surface area contributed by atoms with Gasteiger partial charge in [-0.15, -0.1) is 11.8 Å². The average Bonchev–Trinajstić information content (AvgIpc) is 3.02. The molecule has 1 aliphatic carbocycles. The van der Waals surface area contributed by atoms with Gasteiger partial charge in [0, 0.05) is 10.9 Å². The van der Waals surface area contributed by atoms with E-state index in [1.807, 2.05) is 0 Å². The predicted octanol–water partition coefficient (Wildman–Crippen LogP) is 3.21. The van der Waals surface area contributed by atoms with E-state index in [1.165, 1.54) is 29.7 Å². The molecule has 0 saturated heterocycles. The average molecular weight is 207 g/mol.